The average Bonchev–Trinajstić information content (AvgIpc) is 2.46. The van der Waals surface area contributed by atoms with Crippen molar-refractivity contribution in [2.24, 2.45) is 0 Å². The summed E-state index contributed by atoms with van der Waals surface area (Å²) in [6, 6.07) is 3.56. The Kier molecular flexibility index (Phi) is 7.12. The zero-order valence-corrected chi connectivity index (χ0v) is 13.2. The van der Waals surface area contributed by atoms with Gasteiger partial charge in [0.25, 0.3) is 0 Å². The summed E-state index contributed by atoms with van der Waals surface area (Å²) in [6.07, 6.45) is -2.18. The highest BCUT2D eigenvalue weighted by Crippen LogP contribution is 2.42. The third-order valence-corrected chi connectivity index (χ3v) is 4.11. The Morgan fingerprint density at radius 1 is 1.41 bits per heavy atom. The Labute approximate surface area is 135 Å². The molecular weight excluding hydrogens is 337 g/mol. The molecule has 0 aliphatic rings. The van der Waals surface area contributed by atoms with Crippen molar-refractivity contribution < 1.29 is 18.0 Å². The van der Waals surface area contributed by atoms with Crippen molar-refractivity contribution in [2.45, 2.75) is 19.1 Å². The molecule has 0 saturated carbocycles. The number of hydrogen-bond donors (Lipinski definition) is 1. The maximum absolute atomic E-state index is 13.4. The molecule has 1 rings (SSSR count). The maximum Gasteiger partial charge on any atom is 0.408 e. The quantitative estimate of drug-likeness (QED) is 0.337. The van der Waals surface area contributed by atoms with Crippen LogP contribution in [0.1, 0.15) is 18.5 Å². The normalized spacial score (nSPS) is 14.0. The van der Waals surface area contributed by atoms with Gasteiger partial charge in [-0.1, -0.05) is 30.7 Å². The fourth-order valence-electron chi connectivity index (χ4n) is 1.77. The summed E-state index contributed by atoms with van der Waals surface area (Å²) < 4.78 is 41.4. The Morgan fingerprint density at radius 2 is 2.00 bits per heavy atom. The van der Waals surface area contributed by atoms with Crippen molar-refractivity contribution in [3.63, 3.8) is 0 Å². The number of carbonyl (C=O) groups excluding carboxylic acids is 1. The van der Waals surface area contributed by atoms with E-state index in [2.05, 4.69) is 0 Å². The summed E-state index contributed by atoms with van der Waals surface area (Å²) in [6.45, 7) is 1.64. The van der Waals surface area contributed by atoms with Crippen molar-refractivity contribution in [3.05, 3.63) is 45.8 Å². The van der Waals surface area contributed by atoms with Gasteiger partial charge in [-0.05, 0) is 35.7 Å². The molecule has 3 nitrogen and oxygen atoms in total. The van der Waals surface area contributed by atoms with E-state index in [1.807, 2.05) is 0 Å². The van der Waals surface area contributed by atoms with Gasteiger partial charge in [0.15, 0.2) is 0 Å². The second-order valence-electron chi connectivity index (χ2n) is 4.17. The smallest absolute Gasteiger partial charge is 0.308 e. The molecule has 0 spiro atoms. The van der Waals surface area contributed by atoms with Crippen LogP contribution in [0.5, 0.6) is 0 Å². The topological polar surface area (TPSA) is 44.2 Å². The molecule has 0 amide bonds. The standard InChI is InChI=1S/C14H14ClF3N2OS/c1-2-20(22-12(9-19)7-8-21)13(14(16,17)18)10-3-5-11(15)6-4-10/h3-9,13,19H,2H2,1H3/b12-7+,19-9?/t13-/m1/s1. The highest BCUT2D eigenvalue weighted by atomic mass is 35.5. The monoisotopic (exact) mass is 350 g/mol. The number of aldehydes is 1. The highest BCUT2D eigenvalue weighted by Gasteiger charge is 2.44. The lowest BCUT2D eigenvalue weighted by molar-refractivity contribution is -0.171. The lowest BCUT2D eigenvalue weighted by atomic mass is 10.1. The van der Waals surface area contributed by atoms with Crippen LogP contribution in [-0.4, -0.2) is 29.5 Å². The van der Waals surface area contributed by atoms with E-state index < -0.39 is 12.2 Å². The van der Waals surface area contributed by atoms with E-state index in [9.17, 15) is 18.0 Å². The number of carbonyl (C=O) groups is 1. The minimum atomic E-state index is -4.51. The van der Waals surface area contributed by atoms with E-state index in [0.717, 1.165) is 16.6 Å². The SMILES string of the molecule is CCN(S/C(C=N)=C/C=O)[C@H](c1ccc(Cl)cc1)C(F)(F)F. The number of halogens is 4. The van der Waals surface area contributed by atoms with Gasteiger partial charge in [0.2, 0.25) is 0 Å². The molecule has 0 radical (unpaired) electrons. The molecule has 22 heavy (non-hydrogen) atoms. The molecule has 1 N–H and O–H groups in total. The fourth-order valence-corrected chi connectivity index (χ4v) is 2.81. The zero-order valence-electron chi connectivity index (χ0n) is 11.6. The van der Waals surface area contributed by atoms with Crippen molar-refractivity contribution in [3.8, 4) is 0 Å². The second-order valence-corrected chi connectivity index (χ2v) is 5.73. The Bertz CT molecular complexity index is 546. The summed E-state index contributed by atoms with van der Waals surface area (Å²) in [5.41, 5.74) is 0.0432. The average molecular weight is 351 g/mol. The minimum Gasteiger partial charge on any atom is -0.308 e. The van der Waals surface area contributed by atoms with Gasteiger partial charge in [-0.25, -0.2) is 4.31 Å². The van der Waals surface area contributed by atoms with E-state index in [1.54, 1.807) is 6.92 Å². The Hall–Kier alpha value is -1.31. The number of nitrogens with one attached hydrogen (secondary N) is 1. The molecule has 0 heterocycles. The third-order valence-electron chi connectivity index (χ3n) is 2.69. The van der Waals surface area contributed by atoms with Gasteiger partial charge in [-0.3, -0.25) is 4.79 Å². The minimum absolute atomic E-state index is 0.0432. The molecule has 0 aliphatic carbocycles. The van der Waals surface area contributed by atoms with Gasteiger partial charge < -0.3 is 5.41 Å². The molecule has 0 bridgehead atoms. The predicted octanol–water partition coefficient (Wildman–Crippen LogP) is 4.65. The van der Waals surface area contributed by atoms with Crippen LogP contribution in [0.2, 0.25) is 5.02 Å². The van der Waals surface area contributed by atoms with Gasteiger partial charge in [0.1, 0.15) is 12.3 Å². The van der Waals surface area contributed by atoms with E-state index in [4.69, 9.17) is 17.0 Å². The van der Waals surface area contributed by atoms with Gasteiger partial charge in [0, 0.05) is 22.7 Å². The summed E-state index contributed by atoms with van der Waals surface area (Å²) in [5.74, 6) is 0. The van der Waals surface area contributed by atoms with Gasteiger partial charge in [0.05, 0.1) is 0 Å². The number of alkyl halides is 3. The lowest BCUT2D eigenvalue weighted by Crippen LogP contribution is -2.34. The summed E-state index contributed by atoms with van der Waals surface area (Å²) in [7, 11) is 0. The first-order chi connectivity index (χ1) is 10.3. The fraction of sp³-hybridized carbons (Fsp3) is 0.286. The molecule has 0 unspecified atom stereocenters. The molecule has 1 aromatic rings. The van der Waals surface area contributed by atoms with Crippen LogP contribution in [0, 0.1) is 5.41 Å². The lowest BCUT2D eigenvalue weighted by Gasteiger charge is -2.31. The Morgan fingerprint density at radius 3 is 2.41 bits per heavy atom. The van der Waals surface area contributed by atoms with Crippen LogP contribution in [0.3, 0.4) is 0 Å². The number of rotatable bonds is 7. The van der Waals surface area contributed by atoms with Crippen LogP contribution in [0.25, 0.3) is 0 Å². The summed E-state index contributed by atoms with van der Waals surface area (Å²) in [4.78, 5) is 10.6. The van der Waals surface area contributed by atoms with Crippen LogP contribution in [-0.2, 0) is 4.79 Å². The van der Waals surface area contributed by atoms with Crippen molar-refractivity contribution in [1.82, 2.24) is 4.31 Å². The predicted molar refractivity (Wildman–Crippen MR) is 83.1 cm³/mol. The summed E-state index contributed by atoms with van der Waals surface area (Å²) >= 11 is 6.43. The van der Waals surface area contributed by atoms with E-state index in [-0.39, 0.29) is 17.0 Å². The zero-order chi connectivity index (χ0) is 16.8. The van der Waals surface area contributed by atoms with Crippen LogP contribution in [0.4, 0.5) is 13.2 Å². The van der Waals surface area contributed by atoms with Crippen LogP contribution in [0.15, 0.2) is 35.2 Å². The molecule has 0 saturated heterocycles. The van der Waals surface area contributed by atoms with Gasteiger partial charge >= 0.3 is 6.18 Å². The molecule has 0 aliphatic heterocycles. The molecular formula is C14H14ClF3N2OS. The highest BCUT2D eigenvalue weighted by molar-refractivity contribution is 8.01. The van der Waals surface area contributed by atoms with Crippen molar-refractivity contribution in [2.75, 3.05) is 6.54 Å². The molecule has 1 atom stereocenters. The van der Waals surface area contributed by atoms with Gasteiger partial charge in [-0.15, -0.1) is 0 Å². The van der Waals surface area contributed by atoms with Crippen molar-refractivity contribution >= 4 is 36.0 Å². The first-order valence-electron chi connectivity index (χ1n) is 6.26. The maximum atomic E-state index is 13.4. The van der Waals surface area contributed by atoms with Crippen LogP contribution < -0.4 is 0 Å². The van der Waals surface area contributed by atoms with Crippen LogP contribution >= 0.6 is 23.5 Å². The number of hydrogen-bond acceptors (Lipinski definition) is 4. The number of allylic oxidation sites excluding steroid dienone is 2. The van der Waals surface area contributed by atoms with E-state index >= 15 is 0 Å². The number of benzene rings is 1. The Balaban J connectivity index is 3.18. The largest absolute Gasteiger partial charge is 0.408 e. The third kappa shape index (κ3) is 5.15. The van der Waals surface area contributed by atoms with E-state index in [0.29, 0.717) is 23.3 Å². The molecule has 8 heteroatoms. The first kappa shape index (κ1) is 18.7. The van der Waals surface area contributed by atoms with Crippen molar-refractivity contribution in [1.29, 1.82) is 5.41 Å². The molecule has 0 fully saturated rings. The van der Waals surface area contributed by atoms with E-state index in [1.165, 1.54) is 24.3 Å². The van der Waals surface area contributed by atoms with Gasteiger partial charge in [-0.2, -0.15) is 13.2 Å². The molecule has 1 aromatic carbocycles. The molecule has 0 aromatic heterocycles. The second kappa shape index (κ2) is 8.36. The first-order valence-corrected chi connectivity index (χ1v) is 7.41. The molecule has 120 valence electrons. The number of nitrogens with zero attached hydrogens (tertiary/aromatic N) is 1. The summed E-state index contributed by atoms with van der Waals surface area (Å²) in [5, 5.41) is 7.51.